The Labute approximate surface area is 206 Å². The molecule has 0 unspecified atom stereocenters. The molecular formula is C31H29NO. The van der Waals surface area contributed by atoms with Gasteiger partial charge in [-0.3, -0.25) is 4.98 Å². The normalized spacial score (nSPS) is 19.3. The predicted octanol–water partition coefficient (Wildman–Crippen LogP) is 8.66. The maximum atomic E-state index is 8.82. The average Bonchev–Trinajstić information content (AvgIpc) is 3.60. The van der Waals surface area contributed by atoms with Gasteiger partial charge in [0.25, 0.3) is 0 Å². The topological polar surface area (TPSA) is 26.0 Å². The zero-order valence-electron chi connectivity index (χ0n) is 26.2. The maximum absolute atomic E-state index is 8.82. The van der Waals surface area contributed by atoms with Crippen molar-refractivity contribution in [3.8, 4) is 22.4 Å². The summed E-state index contributed by atoms with van der Waals surface area (Å²) in [6, 6.07) is 19.5. The summed E-state index contributed by atoms with van der Waals surface area (Å²) in [6.07, 6.45) is 3.00. The lowest BCUT2D eigenvalue weighted by Crippen LogP contribution is -1.99. The first-order valence-electron chi connectivity index (χ1n) is 15.4. The van der Waals surface area contributed by atoms with Crippen LogP contribution in [0.3, 0.4) is 0 Å². The molecular weight excluding hydrogens is 402 g/mol. The van der Waals surface area contributed by atoms with Crippen molar-refractivity contribution >= 4 is 21.9 Å². The van der Waals surface area contributed by atoms with Crippen molar-refractivity contribution in [2.45, 2.75) is 45.8 Å². The van der Waals surface area contributed by atoms with Gasteiger partial charge in [-0.25, -0.2) is 0 Å². The third kappa shape index (κ3) is 3.64. The number of furan rings is 1. The second kappa shape index (κ2) is 8.19. The quantitative estimate of drug-likeness (QED) is 0.280. The summed E-state index contributed by atoms with van der Waals surface area (Å²) in [7, 11) is 0. The highest BCUT2D eigenvalue weighted by atomic mass is 16.3. The van der Waals surface area contributed by atoms with Crippen LogP contribution in [-0.4, -0.2) is 4.98 Å². The van der Waals surface area contributed by atoms with E-state index in [-0.39, 0.29) is 28.2 Å². The molecule has 0 aliphatic heterocycles. The van der Waals surface area contributed by atoms with Crippen LogP contribution in [0.15, 0.2) is 77.3 Å². The molecule has 0 amide bonds. The Morgan fingerprint density at radius 3 is 2.61 bits per heavy atom. The van der Waals surface area contributed by atoms with E-state index >= 15 is 0 Å². The van der Waals surface area contributed by atoms with Crippen molar-refractivity contribution in [1.29, 1.82) is 0 Å². The summed E-state index contributed by atoms with van der Waals surface area (Å²) in [5.74, 6) is -0.187. The van der Waals surface area contributed by atoms with E-state index in [1.165, 1.54) is 12.3 Å². The summed E-state index contributed by atoms with van der Waals surface area (Å²) in [5, 5.41) is 1.84. The Balaban J connectivity index is 1.57. The lowest BCUT2D eigenvalue weighted by molar-refractivity contribution is 0.546. The number of aromatic nitrogens is 1. The number of benzene rings is 3. The van der Waals surface area contributed by atoms with E-state index in [1.807, 2.05) is 42.5 Å². The molecule has 0 radical (unpaired) electrons. The molecule has 6 rings (SSSR count). The highest BCUT2D eigenvalue weighted by Crippen LogP contribution is 2.37. The Morgan fingerprint density at radius 2 is 1.73 bits per heavy atom. The van der Waals surface area contributed by atoms with Crippen molar-refractivity contribution in [3.63, 3.8) is 0 Å². The van der Waals surface area contributed by atoms with Crippen molar-refractivity contribution in [2.75, 3.05) is 0 Å². The molecule has 33 heavy (non-hydrogen) atoms. The van der Waals surface area contributed by atoms with Crippen LogP contribution in [0.1, 0.15) is 53.3 Å². The van der Waals surface area contributed by atoms with E-state index in [9.17, 15) is 0 Å². The maximum Gasteiger partial charge on any atom is 0.144 e. The van der Waals surface area contributed by atoms with Gasteiger partial charge in [0, 0.05) is 33.5 Å². The van der Waals surface area contributed by atoms with E-state index < -0.39 is 20.1 Å². The third-order valence-electron chi connectivity index (χ3n) is 6.62. The minimum absolute atomic E-state index is 0.0740. The van der Waals surface area contributed by atoms with Gasteiger partial charge in [0.2, 0.25) is 0 Å². The fourth-order valence-corrected chi connectivity index (χ4v) is 4.95. The van der Waals surface area contributed by atoms with Gasteiger partial charge in [0.05, 0.1) is 5.69 Å². The number of rotatable bonds is 4. The molecule has 0 N–H and O–H groups in total. The van der Waals surface area contributed by atoms with Gasteiger partial charge in [0.1, 0.15) is 11.2 Å². The molecule has 164 valence electrons. The lowest BCUT2D eigenvalue weighted by Gasteiger charge is -2.14. The van der Waals surface area contributed by atoms with Gasteiger partial charge in [-0.1, -0.05) is 74.2 Å². The van der Waals surface area contributed by atoms with Crippen LogP contribution in [-0.2, 0) is 6.37 Å². The summed E-state index contributed by atoms with van der Waals surface area (Å²) >= 11 is 0. The second-order valence-corrected chi connectivity index (χ2v) is 8.78. The monoisotopic (exact) mass is 439 g/mol. The molecule has 2 nitrogen and oxygen atoms in total. The summed E-state index contributed by atoms with van der Waals surface area (Å²) in [5.41, 5.74) is 3.01. The zero-order valence-corrected chi connectivity index (χ0v) is 18.2. The number of para-hydroxylation sites is 2. The first-order chi connectivity index (χ1) is 19.4. The fraction of sp³-hybridized carbons (Fsp3) is 0.258. The number of hydrogen-bond acceptors (Lipinski definition) is 2. The Hall–Kier alpha value is -3.39. The van der Waals surface area contributed by atoms with Crippen LogP contribution in [0.25, 0.3) is 44.3 Å². The number of aryl methyl sites for hydroxylation is 2. The molecule has 2 heteroatoms. The lowest BCUT2D eigenvalue weighted by atomic mass is 9.91. The Bertz CT molecular complexity index is 1760. The smallest absolute Gasteiger partial charge is 0.144 e. The molecule has 5 aromatic rings. The van der Waals surface area contributed by atoms with E-state index in [4.69, 9.17) is 15.4 Å². The molecule has 1 aliphatic carbocycles. The standard InChI is InChI=1S/C31H29NO/c1-20-16-23(17-22-8-3-4-9-22)14-15-24(20)28-18-29(32-19-21(28)2)27-12-7-11-26-25-10-5-6-13-30(25)33-31(26)27/h5-7,10-16,18-19,22H,3-4,8-9,17H2,1-2H3/i1D3,2D3,17D2. The molecule has 1 saturated carbocycles. The van der Waals surface area contributed by atoms with Gasteiger partial charge in [-0.2, -0.15) is 0 Å². The molecule has 1 aliphatic rings. The minimum Gasteiger partial charge on any atom is -0.455 e. The van der Waals surface area contributed by atoms with Crippen LogP contribution in [0, 0.1) is 19.6 Å². The van der Waals surface area contributed by atoms with Crippen LogP contribution in [0.2, 0.25) is 0 Å². The second-order valence-electron chi connectivity index (χ2n) is 8.78. The van der Waals surface area contributed by atoms with Gasteiger partial charge >= 0.3 is 0 Å². The SMILES string of the molecule is [2H]C([2H])([2H])c1cnc(-c2cccc3c2oc2ccccc23)cc1-c1ccc(C([2H])([2H])C2CCCC2)cc1C([2H])([2H])[2H]. The van der Waals surface area contributed by atoms with E-state index in [1.54, 1.807) is 18.2 Å². The molecule has 0 spiro atoms. The van der Waals surface area contributed by atoms with E-state index in [2.05, 4.69) is 4.98 Å². The fourth-order valence-electron chi connectivity index (χ4n) is 4.95. The Morgan fingerprint density at radius 1 is 0.879 bits per heavy atom. The van der Waals surface area contributed by atoms with Crippen molar-refractivity contribution < 1.29 is 15.4 Å². The summed E-state index contributed by atoms with van der Waals surface area (Å²) < 4.78 is 73.4. The molecule has 2 aromatic heterocycles. The largest absolute Gasteiger partial charge is 0.455 e. The molecule has 1 fully saturated rings. The average molecular weight is 440 g/mol. The van der Waals surface area contributed by atoms with Gasteiger partial charge in [-0.15, -0.1) is 0 Å². The zero-order chi connectivity index (χ0) is 29.2. The molecule has 0 bridgehead atoms. The minimum atomic E-state index is -2.61. The van der Waals surface area contributed by atoms with Crippen LogP contribution < -0.4 is 0 Å². The number of nitrogens with zero attached hydrogens (tertiary/aromatic N) is 1. The first-order valence-corrected chi connectivity index (χ1v) is 11.4. The van der Waals surface area contributed by atoms with Gasteiger partial charge in [-0.05, 0) is 72.0 Å². The van der Waals surface area contributed by atoms with Crippen LogP contribution >= 0.6 is 0 Å². The van der Waals surface area contributed by atoms with E-state index in [0.717, 1.165) is 36.5 Å². The highest BCUT2D eigenvalue weighted by molar-refractivity contribution is 6.09. The highest BCUT2D eigenvalue weighted by Gasteiger charge is 2.17. The summed E-state index contributed by atoms with van der Waals surface area (Å²) in [6.45, 7) is -5.17. The molecule has 0 atom stereocenters. The van der Waals surface area contributed by atoms with Crippen LogP contribution in [0.5, 0.6) is 0 Å². The molecule has 3 aromatic carbocycles. The predicted molar refractivity (Wildman–Crippen MR) is 138 cm³/mol. The summed E-state index contributed by atoms with van der Waals surface area (Å²) in [4.78, 5) is 4.50. The van der Waals surface area contributed by atoms with Crippen molar-refractivity contribution in [1.82, 2.24) is 4.98 Å². The van der Waals surface area contributed by atoms with Crippen molar-refractivity contribution in [3.05, 3.63) is 89.6 Å². The number of pyridine rings is 1. The molecule has 2 heterocycles. The number of fused-ring (bicyclic) bond motifs is 3. The number of hydrogen-bond donors (Lipinski definition) is 0. The molecule has 0 saturated heterocycles. The third-order valence-corrected chi connectivity index (χ3v) is 6.62. The van der Waals surface area contributed by atoms with Crippen LogP contribution in [0.4, 0.5) is 0 Å². The van der Waals surface area contributed by atoms with E-state index in [0.29, 0.717) is 28.0 Å². The first kappa shape index (κ1) is 13.3. The van der Waals surface area contributed by atoms with Gasteiger partial charge in [0.15, 0.2) is 0 Å². The van der Waals surface area contributed by atoms with Gasteiger partial charge < -0.3 is 4.42 Å². The van der Waals surface area contributed by atoms with Crippen molar-refractivity contribution in [2.24, 2.45) is 5.92 Å². The Kier molecular flexibility index (Phi) is 3.31.